The second kappa shape index (κ2) is 4.88. The molecule has 0 spiro atoms. The highest BCUT2D eigenvalue weighted by molar-refractivity contribution is 5.29. The fraction of sp³-hybridized carbons (Fsp3) is 0.333. The quantitative estimate of drug-likeness (QED) is 0.763. The van der Waals surface area contributed by atoms with Crippen LogP contribution in [0.1, 0.15) is 18.6 Å². The second-order valence-corrected chi connectivity index (χ2v) is 2.73. The molecule has 0 heterocycles. The van der Waals surface area contributed by atoms with Gasteiger partial charge in [0.1, 0.15) is 11.9 Å². The maximum atomic E-state index is 11.9. The van der Waals surface area contributed by atoms with Crippen LogP contribution in [0, 0.1) is 0 Å². The Labute approximate surface area is 80.4 Å². The van der Waals surface area contributed by atoms with Crippen molar-refractivity contribution in [3.8, 4) is 5.75 Å². The van der Waals surface area contributed by atoms with Crippen molar-refractivity contribution in [2.24, 2.45) is 5.90 Å². The van der Waals surface area contributed by atoms with Crippen molar-refractivity contribution >= 4 is 0 Å². The van der Waals surface area contributed by atoms with Crippen LogP contribution in [-0.4, -0.2) is 6.61 Å². The van der Waals surface area contributed by atoms with E-state index in [0.717, 1.165) is 0 Å². The summed E-state index contributed by atoms with van der Waals surface area (Å²) >= 11 is 0. The summed E-state index contributed by atoms with van der Waals surface area (Å²) in [6.45, 7) is -1.11. The van der Waals surface area contributed by atoms with E-state index in [0.29, 0.717) is 5.56 Å². The van der Waals surface area contributed by atoms with Crippen LogP contribution in [0.4, 0.5) is 8.78 Å². The number of benzene rings is 1. The van der Waals surface area contributed by atoms with Crippen molar-refractivity contribution in [2.45, 2.75) is 19.6 Å². The van der Waals surface area contributed by atoms with E-state index in [1.807, 2.05) is 0 Å². The fourth-order valence-corrected chi connectivity index (χ4v) is 1.02. The van der Waals surface area contributed by atoms with E-state index in [4.69, 9.17) is 5.90 Å². The molecule has 0 radical (unpaired) electrons. The number of halogens is 2. The third-order valence-corrected chi connectivity index (χ3v) is 1.76. The van der Waals surface area contributed by atoms with Crippen molar-refractivity contribution in [2.75, 3.05) is 0 Å². The number of alkyl halides is 2. The van der Waals surface area contributed by atoms with Crippen LogP contribution >= 0.6 is 0 Å². The Hall–Kier alpha value is -1.20. The molecule has 14 heavy (non-hydrogen) atoms. The van der Waals surface area contributed by atoms with Crippen LogP contribution in [0.15, 0.2) is 24.3 Å². The Morgan fingerprint density at radius 3 is 2.64 bits per heavy atom. The lowest BCUT2D eigenvalue weighted by Crippen LogP contribution is -2.06. The van der Waals surface area contributed by atoms with Crippen molar-refractivity contribution in [3.63, 3.8) is 0 Å². The van der Waals surface area contributed by atoms with Crippen molar-refractivity contribution in [1.82, 2.24) is 0 Å². The van der Waals surface area contributed by atoms with E-state index in [-0.39, 0.29) is 11.9 Å². The van der Waals surface area contributed by atoms with E-state index in [2.05, 4.69) is 9.57 Å². The van der Waals surface area contributed by atoms with Gasteiger partial charge in [0.25, 0.3) is 0 Å². The van der Waals surface area contributed by atoms with Gasteiger partial charge in [0.15, 0.2) is 0 Å². The molecule has 0 aliphatic rings. The summed E-state index contributed by atoms with van der Waals surface area (Å²) in [5.41, 5.74) is 0.686. The summed E-state index contributed by atoms with van der Waals surface area (Å²) in [7, 11) is 0. The van der Waals surface area contributed by atoms with Gasteiger partial charge in [-0.1, -0.05) is 12.1 Å². The predicted octanol–water partition coefficient (Wildman–Crippen LogP) is 2.24. The smallest absolute Gasteiger partial charge is 0.387 e. The molecular formula is C9H11F2NO2. The van der Waals surface area contributed by atoms with Crippen LogP contribution < -0.4 is 10.6 Å². The van der Waals surface area contributed by atoms with Gasteiger partial charge in [-0.05, 0) is 24.6 Å². The van der Waals surface area contributed by atoms with Gasteiger partial charge in [0.2, 0.25) is 0 Å². The van der Waals surface area contributed by atoms with Gasteiger partial charge in [0, 0.05) is 0 Å². The third-order valence-electron chi connectivity index (χ3n) is 1.76. The standard InChI is InChI=1S/C9H11F2NO2/c1-6(14-12)7-3-2-4-8(5-7)13-9(10)11/h2-6,9H,12H2,1H3. The minimum atomic E-state index is -2.82. The molecule has 0 aliphatic carbocycles. The van der Waals surface area contributed by atoms with E-state index >= 15 is 0 Å². The van der Waals surface area contributed by atoms with Crippen LogP contribution in [0.25, 0.3) is 0 Å². The lowest BCUT2D eigenvalue weighted by molar-refractivity contribution is -0.0500. The summed E-state index contributed by atoms with van der Waals surface area (Å²) in [5.74, 6) is 5.06. The molecule has 0 amide bonds. The Morgan fingerprint density at radius 2 is 2.07 bits per heavy atom. The molecular weight excluding hydrogens is 192 g/mol. The van der Waals surface area contributed by atoms with Gasteiger partial charge in [-0.2, -0.15) is 8.78 Å². The first-order chi connectivity index (χ1) is 6.63. The molecule has 0 aromatic heterocycles. The Bertz CT molecular complexity index is 294. The van der Waals surface area contributed by atoms with Gasteiger partial charge in [0.05, 0.1) is 0 Å². The predicted molar refractivity (Wildman–Crippen MR) is 46.8 cm³/mol. The molecule has 0 aliphatic heterocycles. The summed E-state index contributed by atoms with van der Waals surface area (Å²) in [6.07, 6.45) is -0.351. The van der Waals surface area contributed by atoms with E-state index in [1.54, 1.807) is 19.1 Å². The van der Waals surface area contributed by atoms with Crippen LogP contribution in [0.5, 0.6) is 5.75 Å². The van der Waals surface area contributed by atoms with E-state index in [1.165, 1.54) is 12.1 Å². The molecule has 0 saturated carbocycles. The maximum Gasteiger partial charge on any atom is 0.387 e. The maximum absolute atomic E-state index is 11.9. The first kappa shape index (κ1) is 10.9. The average Bonchev–Trinajstić information content (AvgIpc) is 2.16. The second-order valence-electron chi connectivity index (χ2n) is 2.73. The Balaban J connectivity index is 2.78. The molecule has 0 bridgehead atoms. The number of nitrogens with two attached hydrogens (primary N) is 1. The highest BCUT2D eigenvalue weighted by Crippen LogP contribution is 2.21. The zero-order valence-electron chi connectivity index (χ0n) is 7.61. The number of ether oxygens (including phenoxy) is 1. The number of hydrogen-bond donors (Lipinski definition) is 1. The van der Waals surface area contributed by atoms with E-state index < -0.39 is 6.61 Å². The SMILES string of the molecule is CC(ON)c1cccc(OC(F)F)c1. The van der Waals surface area contributed by atoms with Gasteiger partial charge in [-0.25, -0.2) is 5.90 Å². The fourth-order valence-electron chi connectivity index (χ4n) is 1.02. The van der Waals surface area contributed by atoms with Gasteiger partial charge in [-0.15, -0.1) is 0 Å². The summed E-state index contributed by atoms with van der Waals surface area (Å²) in [4.78, 5) is 4.55. The first-order valence-electron chi connectivity index (χ1n) is 4.04. The first-order valence-corrected chi connectivity index (χ1v) is 4.04. The summed E-state index contributed by atoms with van der Waals surface area (Å²) < 4.78 is 27.9. The topological polar surface area (TPSA) is 44.5 Å². The van der Waals surface area contributed by atoms with Gasteiger partial charge in [-0.3, -0.25) is 4.84 Å². The van der Waals surface area contributed by atoms with Crippen molar-refractivity contribution in [1.29, 1.82) is 0 Å². The zero-order valence-corrected chi connectivity index (χ0v) is 7.61. The van der Waals surface area contributed by atoms with Crippen LogP contribution in [0.2, 0.25) is 0 Å². The molecule has 1 aromatic rings. The minimum Gasteiger partial charge on any atom is -0.435 e. The highest BCUT2D eigenvalue weighted by atomic mass is 19.3. The molecule has 1 aromatic carbocycles. The molecule has 1 unspecified atom stereocenters. The normalized spacial score (nSPS) is 12.9. The van der Waals surface area contributed by atoms with Crippen molar-refractivity contribution < 1.29 is 18.4 Å². The monoisotopic (exact) mass is 203 g/mol. The molecule has 0 fully saturated rings. The van der Waals surface area contributed by atoms with Crippen molar-refractivity contribution in [3.05, 3.63) is 29.8 Å². The molecule has 1 rings (SSSR count). The molecule has 1 atom stereocenters. The third kappa shape index (κ3) is 2.93. The lowest BCUT2D eigenvalue weighted by Gasteiger charge is -2.10. The Morgan fingerprint density at radius 1 is 1.36 bits per heavy atom. The van der Waals surface area contributed by atoms with Crippen LogP contribution in [-0.2, 0) is 4.84 Å². The Kier molecular flexibility index (Phi) is 3.79. The number of rotatable bonds is 4. The minimum absolute atomic E-state index is 0.0985. The zero-order chi connectivity index (χ0) is 10.6. The molecule has 2 N–H and O–H groups in total. The highest BCUT2D eigenvalue weighted by Gasteiger charge is 2.08. The summed E-state index contributed by atoms with van der Waals surface area (Å²) in [6, 6.07) is 6.22. The molecule has 3 nitrogen and oxygen atoms in total. The lowest BCUT2D eigenvalue weighted by atomic mass is 10.1. The molecule has 0 saturated heterocycles. The summed E-state index contributed by atoms with van der Waals surface area (Å²) in [5, 5.41) is 0. The molecule has 5 heteroatoms. The largest absolute Gasteiger partial charge is 0.435 e. The van der Waals surface area contributed by atoms with E-state index in [9.17, 15) is 8.78 Å². The van der Waals surface area contributed by atoms with Gasteiger partial charge >= 0.3 is 6.61 Å². The average molecular weight is 203 g/mol. The van der Waals surface area contributed by atoms with Crippen LogP contribution in [0.3, 0.4) is 0 Å². The molecule has 78 valence electrons. The number of hydrogen-bond acceptors (Lipinski definition) is 3. The van der Waals surface area contributed by atoms with Gasteiger partial charge < -0.3 is 4.74 Å².